The smallest absolute Gasteiger partial charge is 0.322 e. The lowest BCUT2D eigenvalue weighted by molar-refractivity contribution is -0.141. The van der Waals surface area contributed by atoms with E-state index in [1.807, 2.05) is 0 Å². The molecule has 1 aliphatic heterocycles. The molecule has 1 unspecified atom stereocenters. The molecule has 11 heteroatoms. The van der Waals surface area contributed by atoms with Crippen LogP contribution in [0.5, 0.6) is 0 Å². The van der Waals surface area contributed by atoms with Crippen LogP contribution in [0.2, 0.25) is 0 Å². The summed E-state index contributed by atoms with van der Waals surface area (Å²) in [5.41, 5.74) is 1.01. The first-order valence-corrected chi connectivity index (χ1v) is 13.9. The van der Waals surface area contributed by atoms with Gasteiger partial charge in [0.05, 0.1) is 21.2 Å². The van der Waals surface area contributed by atoms with Gasteiger partial charge in [0.25, 0.3) is 10.0 Å². The summed E-state index contributed by atoms with van der Waals surface area (Å²) in [5, 5.41) is 9.32. The summed E-state index contributed by atoms with van der Waals surface area (Å²) < 4.78 is 54.0. The SMILES string of the molecule is CCC(C(=O)O)N1Cc2sc(C#Cc3ccc(NS(=O)(=O)c4ccccc4)cc3)cc2S1(=O)=O. The van der Waals surface area contributed by atoms with E-state index < -0.39 is 32.1 Å². The second-order valence-electron chi connectivity index (χ2n) is 7.46. The average molecular weight is 517 g/mol. The van der Waals surface area contributed by atoms with Crippen molar-refractivity contribution in [3.05, 3.63) is 76.0 Å². The molecule has 1 atom stereocenters. The molecule has 0 saturated heterocycles. The third kappa shape index (κ3) is 4.71. The van der Waals surface area contributed by atoms with E-state index in [0.29, 0.717) is 21.0 Å². The highest BCUT2D eigenvalue weighted by Crippen LogP contribution is 2.38. The molecule has 34 heavy (non-hydrogen) atoms. The van der Waals surface area contributed by atoms with Gasteiger partial charge in [-0.2, -0.15) is 4.31 Å². The van der Waals surface area contributed by atoms with Crippen LogP contribution in [0.3, 0.4) is 0 Å². The van der Waals surface area contributed by atoms with Gasteiger partial charge in [0, 0.05) is 16.1 Å². The Morgan fingerprint density at radius 2 is 1.82 bits per heavy atom. The second kappa shape index (κ2) is 9.23. The van der Waals surface area contributed by atoms with Crippen LogP contribution in [0.15, 0.2) is 70.5 Å². The maximum absolute atomic E-state index is 12.8. The van der Waals surface area contributed by atoms with Crippen molar-refractivity contribution in [2.45, 2.75) is 35.7 Å². The van der Waals surface area contributed by atoms with Crippen LogP contribution in [-0.2, 0) is 31.4 Å². The molecule has 0 fully saturated rings. The number of fused-ring (bicyclic) bond motifs is 1. The van der Waals surface area contributed by atoms with Crippen LogP contribution < -0.4 is 4.72 Å². The number of carboxylic acids is 1. The number of rotatable bonds is 6. The molecule has 0 aliphatic carbocycles. The lowest BCUT2D eigenvalue weighted by Crippen LogP contribution is -2.40. The van der Waals surface area contributed by atoms with Crippen LogP contribution in [0.25, 0.3) is 0 Å². The first-order valence-electron chi connectivity index (χ1n) is 10.2. The predicted molar refractivity (Wildman–Crippen MR) is 128 cm³/mol. The average Bonchev–Trinajstić information content (AvgIpc) is 3.31. The molecule has 0 saturated carbocycles. The highest BCUT2D eigenvalue weighted by Gasteiger charge is 2.42. The van der Waals surface area contributed by atoms with E-state index in [4.69, 9.17) is 0 Å². The summed E-state index contributed by atoms with van der Waals surface area (Å²) in [6, 6.07) is 14.9. The van der Waals surface area contributed by atoms with E-state index in [1.165, 1.54) is 29.5 Å². The number of aliphatic carboxylic acids is 1. The Hall–Kier alpha value is -3.17. The van der Waals surface area contributed by atoms with Crippen molar-refractivity contribution in [3.8, 4) is 11.8 Å². The van der Waals surface area contributed by atoms with Gasteiger partial charge in [-0.05, 0) is 48.9 Å². The van der Waals surface area contributed by atoms with Crippen LogP contribution >= 0.6 is 11.3 Å². The minimum Gasteiger partial charge on any atom is -0.480 e. The quantitative estimate of drug-likeness (QED) is 0.485. The number of carbonyl (C=O) groups is 1. The van der Waals surface area contributed by atoms with Gasteiger partial charge in [-0.1, -0.05) is 37.0 Å². The molecule has 1 aliphatic rings. The van der Waals surface area contributed by atoms with Crippen LogP contribution in [0.1, 0.15) is 28.7 Å². The zero-order valence-corrected chi connectivity index (χ0v) is 20.4. The number of benzene rings is 2. The minimum absolute atomic E-state index is 0.0189. The van der Waals surface area contributed by atoms with Crippen molar-refractivity contribution in [2.75, 3.05) is 4.72 Å². The Bertz CT molecular complexity index is 1500. The number of carboxylic acid groups (broad SMARTS) is 1. The highest BCUT2D eigenvalue weighted by atomic mass is 32.2. The Morgan fingerprint density at radius 1 is 1.15 bits per heavy atom. The van der Waals surface area contributed by atoms with Crippen molar-refractivity contribution in [3.63, 3.8) is 0 Å². The van der Waals surface area contributed by atoms with Gasteiger partial charge in [-0.15, -0.1) is 11.3 Å². The Balaban J connectivity index is 1.49. The lowest BCUT2D eigenvalue weighted by Gasteiger charge is -2.21. The van der Waals surface area contributed by atoms with E-state index in [0.717, 1.165) is 4.31 Å². The van der Waals surface area contributed by atoms with Gasteiger partial charge < -0.3 is 5.11 Å². The van der Waals surface area contributed by atoms with Gasteiger partial charge in [0.1, 0.15) is 6.04 Å². The van der Waals surface area contributed by atoms with Gasteiger partial charge in [0.15, 0.2) is 0 Å². The van der Waals surface area contributed by atoms with Crippen molar-refractivity contribution in [1.82, 2.24) is 4.31 Å². The Kier molecular flexibility index (Phi) is 6.51. The van der Waals surface area contributed by atoms with E-state index in [9.17, 15) is 26.7 Å². The maximum atomic E-state index is 12.8. The monoisotopic (exact) mass is 516 g/mol. The Morgan fingerprint density at radius 3 is 2.41 bits per heavy atom. The van der Waals surface area contributed by atoms with Crippen molar-refractivity contribution < 1.29 is 26.7 Å². The third-order valence-corrected chi connectivity index (χ3v) is 9.68. The van der Waals surface area contributed by atoms with E-state index in [2.05, 4.69) is 16.6 Å². The fourth-order valence-corrected chi connectivity index (χ4v) is 7.83. The fourth-order valence-electron chi connectivity index (χ4n) is 3.50. The van der Waals surface area contributed by atoms with Gasteiger partial charge in [-0.3, -0.25) is 9.52 Å². The van der Waals surface area contributed by atoms with Crippen LogP contribution in [0, 0.1) is 11.8 Å². The van der Waals surface area contributed by atoms with E-state index >= 15 is 0 Å². The van der Waals surface area contributed by atoms with Crippen molar-refractivity contribution >= 4 is 43.0 Å². The molecule has 1 aromatic heterocycles. The molecule has 3 aromatic rings. The molecule has 4 rings (SSSR count). The molecule has 2 aromatic carbocycles. The van der Waals surface area contributed by atoms with Crippen molar-refractivity contribution in [2.24, 2.45) is 0 Å². The topological polar surface area (TPSA) is 121 Å². The second-order valence-corrected chi connectivity index (χ2v) is 12.1. The summed E-state index contributed by atoms with van der Waals surface area (Å²) in [5.74, 6) is 4.71. The standard InChI is InChI=1S/C23H20N2O6S3/c1-2-20(23(26)27)25-15-21-22(34(25,30)31)14-18(32-21)13-10-16-8-11-17(12-9-16)24-33(28,29)19-6-4-3-5-7-19/h3-9,11-12,14,20,24H,2,15H2,1H3,(H,26,27). The maximum Gasteiger partial charge on any atom is 0.322 e. The lowest BCUT2D eigenvalue weighted by atomic mass is 10.2. The molecule has 0 amide bonds. The number of nitrogens with one attached hydrogen (secondary N) is 1. The molecule has 0 radical (unpaired) electrons. The number of hydrogen-bond donors (Lipinski definition) is 2. The summed E-state index contributed by atoms with van der Waals surface area (Å²) in [4.78, 5) is 12.8. The molecule has 2 N–H and O–H groups in total. The molecular weight excluding hydrogens is 496 g/mol. The summed E-state index contributed by atoms with van der Waals surface area (Å²) in [6.07, 6.45) is 0.174. The minimum atomic E-state index is -3.88. The van der Waals surface area contributed by atoms with Gasteiger partial charge in [-0.25, -0.2) is 16.8 Å². The van der Waals surface area contributed by atoms with Gasteiger partial charge >= 0.3 is 5.97 Å². The largest absolute Gasteiger partial charge is 0.480 e. The zero-order valence-electron chi connectivity index (χ0n) is 17.9. The normalized spacial score (nSPS) is 15.7. The number of thiophene rings is 1. The van der Waals surface area contributed by atoms with Crippen LogP contribution in [-0.4, -0.2) is 38.3 Å². The predicted octanol–water partition coefficient (Wildman–Crippen LogP) is 3.32. The number of hydrogen-bond acceptors (Lipinski definition) is 6. The molecule has 176 valence electrons. The highest BCUT2D eigenvalue weighted by molar-refractivity contribution is 7.92. The third-order valence-electron chi connectivity index (χ3n) is 5.20. The zero-order chi connectivity index (χ0) is 24.5. The Labute approximate surface area is 202 Å². The first-order chi connectivity index (χ1) is 16.1. The number of anilines is 1. The van der Waals surface area contributed by atoms with Gasteiger partial charge in [0.2, 0.25) is 10.0 Å². The fraction of sp³-hybridized carbons (Fsp3) is 0.174. The number of sulfonamides is 2. The first kappa shape index (κ1) is 24.0. The molecule has 0 bridgehead atoms. The molecule has 0 spiro atoms. The summed E-state index contributed by atoms with van der Waals surface area (Å²) >= 11 is 1.22. The summed E-state index contributed by atoms with van der Waals surface area (Å²) in [7, 11) is -7.57. The number of nitrogens with zero attached hydrogens (tertiary/aromatic N) is 1. The molecule has 2 heterocycles. The molecular formula is C23H20N2O6S3. The van der Waals surface area contributed by atoms with E-state index in [-0.39, 0.29) is 22.8 Å². The van der Waals surface area contributed by atoms with Crippen molar-refractivity contribution in [1.29, 1.82) is 0 Å². The van der Waals surface area contributed by atoms with Crippen LogP contribution in [0.4, 0.5) is 5.69 Å². The summed E-state index contributed by atoms with van der Waals surface area (Å²) in [6.45, 7) is 1.65. The molecule has 8 nitrogen and oxygen atoms in total. The van der Waals surface area contributed by atoms with E-state index in [1.54, 1.807) is 49.4 Å².